The molecular weight excluding hydrogens is 413 g/mol. The molecule has 0 aromatic heterocycles. The Labute approximate surface area is 176 Å². The summed E-state index contributed by atoms with van der Waals surface area (Å²) in [6, 6.07) is 6.23. The van der Waals surface area contributed by atoms with Crippen LogP contribution in [0, 0.1) is 19.8 Å². The second kappa shape index (κ2) is 7.44. The fourth-order valence-corrected chi connectivity index (χ4v) is 4.23. The summed E-state index contributed by atoms with van der Waals surface area (Å²) in [6.07, 6.45) is -3.76. The van der Waals surface area contributed by atoms with E-state index < -0.39 is 30.2 Å². The Morgan fingerprint density at radius 1 is 1.19 bits per heavy atom. The van der Waals surface area contributed by atoms with Crippen LogP contribution in [0.1, 0.15) is 45.1 Å². The standard InChI is InChI=1S/C23H19F3O5/c1-11-10-18(29-22(28)14-4-6-15(7-5-14)31-23(24,25)26)13(3)19-16(11)8-9-17-12(2)21(27)30-20(17)19/h4-7,10,17,20H,2,8-9H2,1,3H3. The van der Waals surface area contributed by atoms with Gasteiger partial charge in [0.1, 0.15) is 17.6 Å². The van der Waals surface area contributed by atoms with E-state index >= 15 is 0 Å². The first kappa shape index (κ1) is 21.0. The van der Waals surface area contributed by atoms with E-state index in [9.17, 15) is 22.8 Å². The molecule has 8 heteroatoms. The molecule has 0 saturated carbocycles. The zero-order chi connectivity index (χ0) is 22.5. The van der Waals surface area contributed by atoms with Gasteiger partial charge in [0.25, 0.3) is 0 Å². The molecule has 0 amide bonds. The summed E-state index contributed by atoms with van der Waals surface area (Å²) in [4.78, 5) is 24.6. The van der Waals surface area contributed by atoms with Crippen LogP contribution in [0.25, 0.3) is 0 Å². The monoisotopic (exact) mass is 432 g/mol. The third-order valence-corrected chi connectivity index (χ3v) is 5.75. The van der Waals surface area contributed by atoms with Crippen LogP contribution in [0.4, 0.5) is 13.2 Å². The first-order valence-corrected chi connectivity index (χ1v) is 9.66. The van der Waals surface area contributed by atoms with E-state index in [-0.39, 0.29) is 11.5 Å². The van der Waals surface area contributed by atoms with E-state index in [0.717, 1.165) is 41.7 Å². The van der Waals surface area contributed by atoms with Crippen LogP contribution in [0.5, 0.6) is 11.5 Å². The van der Waals surface area contributed by atoms with Crippen LogP contribution in [-0.2, 0) is 16.0 Å². The average Bonchev–Trinajstić information content (AvgIpc) is 2.98. The Kier molecular flexibility index (Phi) is 5.03. The molecule has 2 aromatic carbocycles. The number of alkyl halides is 3. The fraction of sp³-hybridized carbons (Fsp3) is 0.304. The topological polar surface area (TPSA) is 61.8 Å². The number of ether oxygens (including phenoxy) is 3. The molecule has 2 aromatic rings. The summed E-state index contributed by atoms with van der Waals surface area (Å²) in [6.45, 7) is 7.53. The molecule has 1 aliphatic heterocycles. The molecule has 0 bridgehead atoms. The van der Waals surface area contributed by atoms with E-state index in [2.05, 4.69) is 11.3 Å². The summed E-state index contributed by atoms with van der Waals surface area (Å²) in [5.74, 6) is -1.36. The zero-order valence-corrected chi connectivity index (χ0v) is 16.8. The van der Waals surface area contributed by atoms with E-state index in [1.807, 2.05) is 6.92 Å². The Balaban J connectivity index is 1.61. The number of carbonyl (C=O) groups excluding carboxylic acids is 2. The van der Waals surface area contributed by atoms with Gasteiger partial charge in [0.05, 0.1) is 5.56 Å². The van der Waals surface area contributed by atoms with Gasteiger partial charge in [-0.25, -0.2) is 9.59 Å². The number of esters is 2. The van der Waals surface area contributed by atoms with Crippen molar-refractivity contribution in [3.63, 3.8) is 0 Å². The molecule has 4 rings (SSSR count). The molecule has 1 saturated heterocycles. The van der Waals surface area contributed by atoms with E-state index in [1.165, 1.54) is 12.1 Å². The largest absolute Gasteiger partial charge is 0.573 e. The van der Waals surface area contributed by atoms with Crippen LogP contribution in [-0.4, -0.2) is 18.3 Å². The molecule has 0 N–H and O–H groups in total. The van der Waals surface area contributed by atoms with Crippen molar-refractivity contribution in [1.29, 1.82) is 0 Å². The molecule has 2 aliphatic rings. The molecule has 31 heavy (non-hydrogen) atoms. The van der Waals surface area contributed by atoms with Gasteiger partial charge in [-0.2, -0.15) is 0 Å². The SMILES string of the molecule is C=C1C(=O)OC2c3c(C)c(OC(=O)c4ccc(OC(F)(F)F)cc4)cc(C)c3CCC12. The van der Waals surface area contributed by atoms with Crippen LogP contribution in [0.3, 0.4) is 0 Å². The predicted molar refractivity (Wildman–Crippen MR) is 104 cm³/mol. The number of carbonyl (C=O) groups is 2. The maximum Gasteiger partial charge on any atom is 0.573 e. The van der Waals surface area contributed by atoms with Gasteiger partial charge in [-0.05, 0) is 73.7 Å². The lowest BCUT2D eigenvalue weighted by Crippen LogP contribution is -2.21. The number of rotatable bonds is 3. The number of aryl methyl sites for hydroxylation is 1. The highest BCUT2D eigenvalue weighted by molar-refractivity contribution is 5.92. The Morgan fingerprint density at radius 2 is 1.87 bits per heavy atom. The lowest BCUT2D eigenvalue weighted by atomic mass is 9.76. The first-order chi connectivity index (χ1) is 14.5. The second-order valence-electron chi connectivity index (χ2n) is 7.67. The minimum atomic E-state index is -4.81. The average molecular weight is 432 g/mol. The Bertz CT molecular complexity index is 1090. The van der Waals surface area contributed by atoms with Crippen molar-refractivity contribution in [2.45, 2.75) is 39.2 Å². The molecule has 2 unspecified atom stereocenters. The summed E-state index contributed by atoms with van der Waals surface area (Å²) < 4.78 is 51.8. The van der Waals surface area contributed by atoms with Crippen LogP contribution < -0.4 is 9.47 Å². The van der Waals surface area contributed by atoms with Crippen molar-refractivity contribution in [2.24, 2.45) is 5.92 Å². The number of hydrogen-bond donors (Lipinski definition) is 0. The van der Waals surface area contributed by atoms with Gasteiger partial charge in [0, 0.05) is 17.1 Å². The molecule has 1 aliphatic carbocycles. The number of hydrogen-bond acceptors (Lipinski definition) is 5. The lowest BCUT2D eigenvalue weighted by Gasteiger charge is -2.30. The normalized spacial score (nSPS) is 20.0. The molecule has 0 spiro atoms. The third-order valence-electron chi connectivity index (χ3n) is 5.75. The van der Waals surface area contributed by atoms with Gasteiger partial charge in [-0.15, -0.1) is 13.2 Å². The highest BCUT2D eigenvalue weighted by Crippen LogP contribution is 2.49. The summed E-state index contributed by atoms with van der Waals surface area (Å²) >= 11 is 0. The molecule has 162 valence electrons. The minimum absolute atomic E-state index is 0.0721. The number of benzene rings is 2. The summed E-state index contributed by atoms with van der Waals surface area (Å²) in [5, 5.41) is 0. The first-order valence-electron chi connectivity index (χ1n) is 9.66. The Hall–Kier alpha value is -3.29. The maximum absolute atomic E-state index is 12.6. The van der Waals surface area contributed by atoms with Crippen LogP contribution in [0.2, 0.25) is 0 Å². The van der Waals surface area contributed by atoms with Gasteiger partial charge < -0.3 is 14.2 Å². The van der Waals surface area contributed by atoms with Gasteiger partial charge in [-0.3, -0.25) is 0 Å². The van der Waals surface area contributed by atoms with Crippen LogP contribution >= 0.6 is 0 Å². The fourth-order valence-electron chi connectivity index (χ4n) is 4.23. The van der Waals surface area contributed by atoms with E-state index in [4.69, 9.17) is 9.47 Å². The van der Waals surface area contributed by atoms with Crippen molar-refractivity contribution < 1.29 is 37.0 Å². The highest BCUT2D eigenvalue weighted by Gasteiger charge is 2.44. The molecule has 1 heterocycles. The molecule has 2 atom stereocenters. The van der Waals surface area contributed by atoms with Gasteiger partial charge >= 0.3 is 18.3 Å². The van der Waals surface area contributed by atoms with Gasteiger partial charge in [-0.1, -0.05) is 6.58 Å². The quantitative estimate of drug-likeness (QED) is 0.382. The molecular formula is C23H19F3O5. The van der Waals surface area contributed by atoms with E-state index in [1.54, 1.807) is 13.0 Å². The van der Waals surface area contributed by atoms with Crippen molar-refractivity contribution in [3.05, 3.63) is 70.3 Å². The van der Waals surface area contributed by atoms with Gasteiger partial charge in [0.2, 0.25) is 0 Å². The third kappa shape index (κ3) is 3.89. The van der Waals surface area contributed by atoms with Crippen LogP contribution in [0.15, 0.2) is 42.5 Å². The smallest absolute Gasteiger partial charge is 0.453 e. The van der Waals surface area contributed by atoms with Crippen molar-refractivity contribution in [3.8, 4) is 11.5 Å². The summed E-state index contributed by atoms with van der Waals surface area (Å²) in [5.41, 5.74) is 4.02. The predicted octanol–water partition coefficient (Wildman–Crippen LogP) is 5.14. The Morgan fingerprint density at radius 3 is 2.52 bits per heavy atom. The minimum Gasteiger partial charge on any atom is -0.453 e. The summed E-state index contributed by atoms with van der Waals surface area (Å²) in [7, 11) is 0. The number of fused-ring (bicyclic) bond motifs is 3. The molecule has 1 fully saturated rings. The van der Waals surface area contributed by atoms with E-state index in [0.29, 0.717) is 16.9 Å². The lowest BCUT2D eigenvalue weighted by molar-refractivity contribution is -0.274. The molecule has 0 radical (unpaired) electrons. The van der Waals surface area contributed by atoms with Crippen molar-refractivity contribution >= 4 is 11.9 Å². The van der Waals surface area contributed by atoms with Crippen molar-refractivity contribution in [2.75, 3.05) is 0 Å². The molecule has 5 nitrogen and oxygen atoms in total. The van der Waals surface area contributed by atoms with Gasteiger partial charge in [0.15, 0.2) is 0 Å². The van der Waals surface area contributed by atoms with Crippen molar-refractivity contribution in [1.82, 2.24) is 0 Å². The maximum atomic E-state index is 12.6. The zero-order valence-electron chi connectivity index (χ0n) is 16.8. The second-order valence-corrected chi connectivity index (χ2v) is 7.67. The highest BCUT2D eigenvalue weighted by atomic mass is 19.4. The number of halogens is 3.